The van der Waals surface area contributed by atoms with Crippen LogP contribution in [-0.4, -0.2) is 5.91 Å². The minimum Gasteiger partial charge on any atom is -0.351 e. The molecule has 1 aliphatic carbocycles. The summed E-state index contributed by atoms with van der Waals surface area (Å²) >= 11 is 0. The molecule has 108 valence electrons. The van der Waals surface area contributed by atoms with Crippen LogP contribution in [0.4, 0.5) is 0 Å². The molecule has 0 heterocycles. The lowest BCUT2D eigenvalue weighted by atomic mass is 9.64. The molecule has 0 aliphatic heterocycles. The Labute approximate surface area is 126 Å². The highest BCUT2D eigenvalue weighted by Gasteiger charge is 2.45. The molecule has 21 heavy (non-hydrogen) atoms. The van der Waals surface area contributed by atoms with Gasteiger partial charge in [0.15, 0.2) is 0 Å². The van der Waals surface area contributed by atoms with Gasteiger partial charge in [-0.3, -0.25) is 4.79 Å². The Hall–Kier alpha value is -2.09. The smallest absolute Gasteiger partial charge is 0.230 e. The third kappa shape index (κ3) is 2.71. The highest BCUT2D eigenvalue weighted by Crippen LogP contribution is 2.43. The molecule has 2 aromatic rings. The van der Waals surface area contributed by atoms with Crippen molar-refractivity contribution in [2.45, 2.75) is 38.1 Å². The molecule has 3 rings (SSSR count). The van der Waals surface area contributed by atoms with Crippen LogP contribution in [0.3, 0.4) is 0 Å². The van der Waals surface area contributed by atoms with Crippen LogP contribution in [-0.2, 0) is 16.8 Å². The van der Waals surface area contributed by atoms with Crippen LogP contribution in [0, 0.1) is 6.92 Å². The summed E-state index contributed by atoms with van der Waals surface area (Å²) in [5.74, 6) is 0.167. The fraction of sp³-hybridized carbons (Fsp3) is 0.316. The van der Waals surface area contributed by atoms with Crippen LogP contribution in [0.25, 0.3) is 0 Å². The Morgan fingerprint density at radius 2 is 1.71 bits per heavy atom. The fourth-order valence-electron chi connectivity index (χ4n) is 2.99. The Kier molecular flexibility index (Phi) is 3.78. The maximum atomic E-state index is 12.7. The Morgan fingerprint density at radius 3 is 2.29 bits per heavy atom. The zero-order chi connectivity index (χ0) is 14.7. The van der Waals surface area contributed by atoms with Crippen molar-refractivity contribution >= 4 is 5.91 Å². The molecule has 2 nitrogen and oxygen atoms in total. The van der Waals surface area contributed by atoms with Crippen molar-refractivity contribution in [1.82, 2.24) is 5.32 Å². The van der Waals surface area contributed by atoms with E-state index in [1.807, 2.05) is 18.2 Å². The molecule has 2 heteroatoms. The molecule has 1 fully saturated rings. The van der Waals surface area contributed by atoms with E-state index in [1.165, 1.54) is 5.56 Å². The summed E-state index contributed by atoms with van der Waals surface area (Å²) in [6.07, 6.45) is 3.04. The summed E-state index contributed by atoms with van der Waals surface area (Å²) < 4.78 is 0. The zero-order valence-corrected chi connectivity index (χ0v) is 12.4. The van der Waals surface area contributed by atoms with E-state index in [1.54, 1.807) is 0 Å². The van der Waals surface area contributed by atoms with Crippen molar-refractivity contribution in [1.29, 1.82) is 0 Å². The number of rotatable bonds is 4. The average molecular weight is 279 g/mol. The van der Waals surface area contributed by atoms with Crippen LogP contribution < -0.4 is 5.32 Å². The highest BCUT2D eigenvalue weighted by atomic mass is 16.2. The van der Waals surface area contributed by atoms with Gasteiger partial charge in [0.05, 0.1) is 5.41 Å². The van der Waals surface area contributed by atoms with Crippen LogP contribution >= 0.6 is 0 Å². The molecule has 1 saturated carbocycles. The second-order valence-corrected chi connectivity index (χ2v) is 5.97. The molecule has 1 N–H and O–H groups in total. The normalized spacial score (nSPS) is 16.0. The molecule has 0 saturated heterocycles. The SMILES string of the molecule is Cc1ccc(CNC(=O)C2(c3ccccc3)CCC2)cc1. The number of hydrogen-bond acceptors (Lipinski definition) is 1. The van der Waals surface area contributed by atoms with Gasteiger partial charge >= 0.3 is 0 Å². The monoisotopic (exact) mass is 279 g/mol. The predicted octanol–water partition coefficient (Wildman–Crippen LogP) is 3.73. The molecule has 0 radical (unpaired) electrons. The van der Waals surface area contributed by atoms with Crippen molar-refractivity contribution in [3.63, 3.8) is 0 Å². The molecule has 0 atom stereocenters. The summed E-state index contributed by atoms with van der Waals surface area (Å²) in [7, 11) is 0. The maximum absolute atomic E-state index is 12.7. The minimum absolute atomic E-state index is 0.167. The van der Waals surface area contributed by atoms with Gasteiger partial charge < -0.3 is 5.32 Å². The second-order valence-electron chi connectivity index (χ2n) is 5.97. The van der Waals surface area contributed by atoms with Gasteiger partial charge in [0.1, 0.15) is 0 Å². The third-order valence-corrected chi connectivity index (χ3v) is 4.54. The quantitative estimate of drug-likeness (QED) is 0.907. The van der Waals surface area contributed by atoms with Gasteiger partial charge in [-0.05, 0) is 30.9 Å². The van der Waals surface area contributed by atoms with Gasteiger partial charge in [-0.1, -0.05) is 66.6 Å². The van der Waals surface area contributed by atoms with Gasteiger partial charge in [-0.25, -0.2) is 0 Å². The van der Waals surface area contributed by atoms with E-state index in [0.717, 1.165) is 30.4 Å². The number of carbonyl (C=O) groups excluding carboxylic acids is 1. The van der Waals surface area contributed by atoms with Crippen LogP contribution in [0.15, 0.2) is 54.6 Å². The average Bonchev–Trinajstić information content (AvgIpc) is 2.47. The zero-order valence-electron chi connectivity index (χ0n) is 12.4. The number of nitrogens with one attached hydrogen (secondary N) is 1. The molecule has 1 aliphatic rings. The van der Waals surface area contributed by atoms with E-state index in [-0.39, 0.29) is 11.3 Å². The molecule has 1 amide bonds. The first-order valence-corrected chi connectivity index (χ1v) is 7.60. The Bertz CT molecular complexity index is 612. The summed E-state index contributed by atoms with van der Waals surface area (Å²) in [6, 6.07) is 18.5. The molecular weight excluding hydrogens is 258 g/mol. The van der Waals surface area contributed by atoms with E-state index in [4.69, 9.17) is 0 Å². The highest BCUT2D eigenvalue weighted by molar-refractivity contribution is 5.89. The van der Waals surface area contributed by atoms with E-state index in [0.29, 0.717) is 6.54 Å². The first-order valence-electron chi connectivity index (χ1n) is 7.60. The summed E-state index contributed by atoms with van der Waals surface area (Å²) in [5, 5.41) is 3.12. The van der Waals surface area contributed by atoms with Crippen LogP contribution in [0.5, 0.6) is 0 Å². The molecule has 0 unspecified atom stereocenters. The van der Waals surface area contributed by atoms with Gasteiger partial charge in [-0.2, -0.15) is 0 Å². The first-order chi connectivity index (χ1) is 10.2. The number of hydrogen-bond donors (Lipinski definition) is 1. The summed E-state index contributed by atoms with van der Waals surface area (Å²) in [4.78, 5) is 12.7. The number of carbonyl (C=O) groups is 1. The van der Waals surface area contributed by atoms with Crippen molar-refractivity contribution < 1.29 is 4.79 Å². The predicted molar refractivity (Wildman–Crippen MR) is 85.0 cm³/mol. The molecule has 0 bridgehead atoms. The van der Waals surface area contributed by atoms with E-state index >= 15 is 0 Å². The standard InChI is InChI=1S/C19H21NO/c1-15-8-10-16(11-9-15)14-20-18(21)19(12-5-13-19)17-6-3-2-4-7-17/h2-4,6-11H,5,12-14H2,1H3,(H,20,21). The maximum Gasteiger partial charge on any atom is 0.230 e. The lowest BCUT2D eigenvalue weighted by Crippen LogP contribution is -2.48. The van der Waals surface area contributed by atoms with Gasteiger partial charge in [0.25, 0.3) is 0 Å². The third-order valence-electron chi connectivity index (χ3n) is 4.54. The number of benzene rings is 2. The van der Waals surface area contributed by atoms with E-state index in [9.17, 15) is 4.79 Å². The molecule has 0 aromatic heterocycles. The lowest BCUT2D eigenvalue weighted by Gasteiger charge is -2.40. The van der Waals surface area contributed by atoms with Crippen molar-refractivity contribution in [3.8, 4) is 0 Å². The van der Waals surface area contributed by atoms with Crippen LogP contribution in [0.1, 0.15) is 36.0 Å². The van der Waals surface area contributed by atoms with Crippen LogP contribution in [0.2, 0.25) is 0 Å². The largest absolute Gasteiger partial charge is 0.351 e. The van der Waals surface area contributed by atoms with E-state index in [2.05, 4.69) is 48.6 Å². The van der Waals surface area contributed by atoms with Gasteiger partial charge in [0, 0.05) is 6.54 Å². The lowest BCUT2D eigenvalue weighted by molar-refractivity contribution is -0.130. The summed E-state index contributed by atoms with van der Waals surface area (Å²) in [6.45, 7) is 2.68. The Balaban J connectivity index is 1.70. The van der Waals surface area contributed by atoms with Crippen molar-refractivity contribution in [2.24, 2.45) is 0 Å². The molecule has 2 aromatic carbocycles. The summed E-state index contributed by atoms with van der Waals surface area (Å²) in [5.41, 5.74) is 3.24. The van der Waals surface area contributed by atoms with Crippen molar-refractivity contribution in [3.05, 3.63) is 71.3 Å². The minimum atomic E-state index is -0.300. The topological polar surface area (TPSA) is 29.1 Å². The number of aryl methyl sites for hydroxylation is 1. The Morgan fingerprint density at radius 1 is 1.05 bits per heavy atom. The first kappa shape index (κ1) is 13.9. The van der Waals surface area contributed by atoms with E-state index < -0.39 is 0 Å². The van der Waals surface area contributed by atoms with Crippen molar-refractivity contribution in [2.75, 3.05) is 0 Å². The second kappa shape index (κ2) is 5.72. The molecule has 0 spiro atoms. The fourth-order valence-corrected chi connectivity index (χ4v) is 2.99. The molecular formula is C19H21NO. The van der Waals surface area contributed by atoms with Gasteiger partial charge in [-0.15, -0.1) is 0 Å². The number of amides is 1. The van der Waals surface area contributed by atoms with Gasteiger partial charge in [0.2, 0.25) is 5.91 Å².